The molecule has 21 heavy (non-hydrogen) atoms. The van der Waals surface area contributed by atoms with Crippen LogP contribution < -0.4 is 4.90 Å². The first-order valence-corrected chi connectivity index (χ1v) is 7.18. The van der Waals surface area contributed by atoms with Gasteiger partial charge >= 0.3 is 6.09 Å². The Balaban J connectivity index is 1.94. The number of amides is 1. The van der Waals surface area contributed by atoms with Crippen molar-refractivity contribution in [1.29, 1.82) is 0 Å². The van der Waals surface area contributed by atoms with Gasteiger partial charge in [0.2, 0.25) is 0 Å². The molecule has 1 aromatic heterocycles. The molecule has 0 radical (unpaired) electrons. The maximum absolute atomic E-state index is 12.0. The zero-order valence-corrected chi connectivity index (χ0v) is 13.7. The molecule has 0 unspecified atom stereocenters. The second-order valence-electron chi connectivity index (χ2n) is 6.56. The highest BCUT2D eigenvalue weighted by atomic mass is 16.6. The van der Waals surface area contributed by atoms with E-state index in [9.17, 15) is 4.79 Å². The van der Waals surface area contributed by atoms with Gasteiger partial charge in [-0.3, -0.25) is 0 Å². The molecule has 2 heterocycles. The summed E-state index contributed by atoms with van der Waals surface area (Å²) in [5.41, 5.74) is 1.62. The zero-order chi connectivity index (χ0) is 15.8. The molecule has 0 atom stereocenters. The van der Waals surface area contributed by atoms with Crippen LogP contribution in [0.2, 0.25) is 0 Å². The number of hydrogen-bond acceptors (Lipinski definition) is 5. The van der Waals surface area contributed by atoms with Crippen molar-refractivity contribution in [3.63, 3.8) is 0 Å². The lowest BCUT2D eigenvalue weighted by Crippen LogP contribution is -2.60. The van der Waals surface area contributed by atoms with Crippen molar-refractivity contribution >= 4 is 11.9 Å². The number of hydrogen-bond donors (Lipinski definition) is 0. The maximum atomic E-state index is 12.0. The van der Waals surface area contributed by atoms with E-state index in [-0.39, 0.29) is 12.1 Å². The van der Waals surface area contributed by atoms with Crippen LogP contribution in [0.4, 0.5) is 10.6 Å². The van der Waals surface area contributed by atoms with Gasteiger partial charge in [-0.2, -0.15) is 0 Å². The minimum atomic E-state index is -0.463. The van der Waals surface area contributed by atoms with E-state index in [1.54, 1.807) is 18.3 Å². The number of rotatable bonds is 2. The summed E-state index contributed by atoms with van der Waals surface area (Å²) in [5, 5.41) is 0. The van der Waals surface area contributed by atoms with Crippen molar-refractivity contribution in [2.45, 2.75) is 46.3 Å². The standard InChI is InChI=1S/C15H24N4O2/c1-10-11(2)16-9-17-13(10)19-7-12(8-19)18(6)14(20)21-15(3,4)5/h9,12H,7-8H2,1-6H3. The Morgan fingerprint density at radius 2 is 1.95 bits per heavy atom. The molecular weight excluding hydrogens is 268 g/mol. The summed E-state index contributed by atoms with van der Waals surface area (Å²) in [4.78, 5) is 24.4. The van der Waals surface area contributed by atoms with Gasteiger partial charge in [0.15, 0.2) is 0 Å². The minimum Gasteiger partial charge on any atom is -0.444 e. The summed E-state index contributed by atoms with van der Waals surface area (Å²) < 4.78 is 5.38. The van der Waals surface area contributed by atoms with Gasteiger partial charge in [0.05, 0.1) is 6.04 Å². The molecule has 2 rings (SSSR count). The van der Waals surface area contributed by atoms with Crippen LogP contribution >= 0.6 is 0 Å². The van der Waals surface area contributed by atoms with Crippen molar-refractivity contribution in [2.24, 2.45) is 0 Å². The molecule has 0 aromatic carbocycles. The van der Waals surface area contributed by atoms with Gasteiger partial charge in [-0.05, 0) is 34.6 Å². The number of likely N-dealkylation sites (N-methyl/N-ethyl adjacent to an activating group) is 1. The number of ether oxygens (including phenoxy) is 1. The molecular formula is C15H24N4O2. The van der Waals surface area contributed by atoms with E-state index in [0.717, 1.165) is 30.2 Å². The van der Waals surface area contributed by atoms with Crippen LogP contribution in [-0.4, -0.2) is 52.7 Å². The molecule has 6 heteroatoms. The van der Waals surface area contributed by atoms with Gasteiger partial charge in [0, 0.05) is 31.4 Å². The Morgan fingerprint density at radius 1 is 1.33 bits per heavy atom. The molecule has 116 valence electrons. The minimum absolute atomic E-state index is 0.162. The SMILES string of the molecule is Cc1ncnc(N2CC(N(C)C(=O)OC(C)(C)C)C2)c1C. The van der Waals surface area contributed by atoms with Gasteiger partial charge in [-0.25, -0.2) is 14.8 Å². The van der Waals surface area contributed by atoms with E-state index >= 15 is 0 Å². The fraction of sp³-hybridized carbons (Fsp3) is 0.667. The van der Waals surface area contributed by atoms with Gasteiger partial charge in [-0.15, -0.1) is 0 Å². The lowest BCUT2D eigenvalue weighted by Gasteiger charge is -2.45. The third kappa shape index (κ3) is 3.43. The smallest absolute Gasteiger partial charge is 0.410 e. The highest BCUT2D eigenvalue weighted by molar-refractivity contribution is 5.69. The van der Waals surface area contributed by atoms with Gasteiger partial charge in [0.1, 0.15) is 17.7 Å². The topological polar surface area (TPSA) is 58.6 Å². The molecule has 1 saturated heterocycles. The van der Waals surface area contributed by atoms with Crippen LogP contribution in [-0.2, 0) is 4.74 Å². The van der Waals surface area contributed by atoms with E-state index in [2.05, 4.69) is 14.9 Å². The predicted octanol–water partition coefficient (Wildman–Crippen LogP) is 2.15. The Kier molecular flexibility index (Phi) is 4.07. The number of anilines is 1. The van der Waals surface area contributed by atoms with Crippen LogP contribution in [0, 0.1) is 13.8 Å². The van der Waals surface area contributed by atoms with Crippen LogP contribution in [0.15, 0.2) is 6.33 Å². The normalized spacial score (nSPS) is 15.6. The average molecular weight is 292 g/mol. The fourth-order valence-corrected chi connectivity index (χ4v) is 2.20. The fourth-order valence-electron chi connectivity index (χ4n) is 2.20. The lowest BCUT2D eigenvalue weighted by molar-refractivity contribution is 0.0196. The molecule has 1 aliphatic heterocycles. The van der Waals surface area contributed by atoms with E-state index in [0.29, 0.717) is 0 Å². The Morgan fingerprint density at radius 3 is 2.52 bits per heavy atom. The summed E-state index contributed by atoms with van der Waals surface area (Å²) in [6.07, 6.45) is 1.31. The Hall–Kier alpha value is -1.85. The molecule has 0 bridgehead atoms. The number of aromatic nitrogens is 2. The van der Waals surface area contributed by atoms with E-state index in [1.165, 1.54) is 0 Å². The first kappa shape index (κ1) is 15.5. The van der Waals surface area contributed by atoms with Gasteiger partial charge in [0.25, 0.3) is 0 Å². The summed E-state index contributed by atoms with van der Waals surface area (Å²) >= 11 is 0. The van der Waals surface area contributed by atoms with Crippen LogP contribution in [0.25, 0.3) is 0 Å². The second kappa shape index (κ2) is 5.50. The number of carbonyl (C=O) groups excluding carboxylic acids is 1. The Bertz CT molecular complexity index is 533. The van der Waals surface area contributed by atoms with Crippen molar-refractivity contribution in [3.05, 3.63) is 17.6 Å². The summed E-state index contributed by atoms with van der Waals surface area (Å²) in [6, 6.07) is 0.162. The van der Waals surface area contributed by atoms with Crippen molar-refractivity contribution in [2.75, 3.05) is 25.0 Å². The van der Waals surface area contributed by atoms with Gasteiger partial charge in [-0.1, -0.05) is 0 Å². The highest BCUT2D eigenvalue weighted by Crippen LogP contribution is 2.25. The highest BCUT2D eigenvalue weighted by Gasteiger charge is 2.35. The van der Waals surface area contributed by atoms with Crippen molar-refractivity contribution in [3.8, 4) is 0 Å². The number of aryl methyl sites for hydroxylation is 1. The molecule has 0 saturated carbocycles. The predicted molar refractivity (Wildman–Crippen MR) is 81.5 cm³/mol. The molecule has 1 fully saturated rings. The third-order valence-corrected chi connectivity index (χ3v) is 3.70. The zero-order valence-electron chi connectivity index (χ0n) is 13.7. The third-order valence-electron chi connectivity index (χ3n) is 3.70. The van der Waals surface area contributed by atoms with E-state index < -0.39 is 5.60 Å². The Labute approximate surface area is 126 Å². The van der Waals surface area contributed by atoms with Crippen LogP contribution in [0.5, 0.6) is 0 Å². The second-order valence-corrected chi connectivity index (χ2v) is 6.56. The first-order valence-electron chi connectivity index (χ1n) is 7.18. The molecule has 1 amide bonds. The van der Waals surface area contributed by atoms with Crippen LogP contribution in [0.1, 0.15) is 32.0 Å². The lowest BCUT2D eigenvalue weighted by atomic mass is 10.1. The largest absolute Gasteiger partial charge is 0.444 e. The molecule has 6 nitrogen and oxygen atoms in total. The maximum Gasteiger partial charge on any atom is 0.410 e. The van der Waals surface area contributed by atoms with Crippen LogP contribution in [0.3, 0.4) is 0 Å². The summed E-state index contributed by atoms with van der Waals surface area (Å²) in [7, 11) is 1.79. The number of carbonyl (C=O) groups is 1. The quantitative estimate of drug-likeness (QED) is 0.836. The van der Waals surface area contributed by atoms with E-state index in [1.807, 2.05) is 34.6 Å². The van der Waals surface area contributed by atoms with E-state index in [4.69, 9.17) is 4.74 Å². The molecule has 1 aromatic rings. The molecule has 0 aliphatic carbocycles. The molecule has 1 aliphatic rings. The van der Waals surface area contributed by atoms with Gasteiger partial charge < -0.3 is 14.5 Å². The first-order chi connectivity index (χ1) is 9.69. The monoisotopic (exact) mass is 292 g/mol. The average Bonchev–Trinajstić information content (AvgIpc) is 2.30. The summed E-state index contributed by atoms with van der Waals surface area (Å²) in [6.45, 7) is 11.2. The number of nitrogens with zero attached hydrogens (tertiary/aromatic N) is 4. The molecule has 0 spiro atoms. The summed E-state index contributed by atoms with van der Waals surface area (Å²) in [5.74, 6) is 0.955. The van der Waals surface area contributed by atoms with Crippen molar-refractivity contribution < 1.29 is 9.53 Å². The molecule has 0 N–H and O–H groups in total. The van der Waals surface area contributed by atoms with Crippen molar-refractivity contribution in [1.82, 2.24) is 14.9 Å².